The lowest BCUT2D eigenvalue weighted by Gasteiger charge is -2.37. The topological polar surface area (TPSA) is 255 Å². The van der Waals surface area contributed by atoms with Crippen LogP contribution in [-0.2, 0) is 51.9 Å². The number of rotatable bonds is 31. The van der Waals surface area contributed by atoms with E-state index in [4.69, 9.17) is 52.1 Å². The van der Waals surface area contributed by atoms with Gasteiger partial charge in [0.25, 0.3) is 8.53 Å². The summed E-state index contributed by atoms with van der Waals surface area (Å²) in [6, 6.07) is 18.8. The van der Waals surface area contributed by atoms with Crippen LogP contribution in [0.2, 0.25) is 0 Å². The second-order valence-electron chi connectivity index (χ2n) is 23.5. The molecular formula is C62H94F3N6O14P3S. The number of unbranched alkanes of at least 4 members (excludes halogenated alkanes) is 4. The molecule has 2 atom stereocenters. The number of nitrogens with zero attached hydrogens (tertiary/aromatic N) is 3. The first kappa shape index (κ1) is 80.3. The summed E-state index contributed by atoms with van der Waals surface area (Å²) in [5.41, 5.74) is -2.49. The average molecular weight is 1330 g/mol. The van der Waals surface area contributed by atoms with Gasteiger partial charge in [-0.2, -0.15) is 36.3 Å². The first-order valence-corrected chi connectivity index (χ1v) is 34.1. The third kappa shape index (κ3) is 24.7. The Kier molecular flexibility index (Phi) is 34.0. The number of nitrogens with one attached hydrogen (secondary N) is 3. The van der Waals surface area contributed by atoms with Gasteiger partial charge in [0.2, 0.25) is 0 Å². The SMILES string of the molecule is C.CC(C)N(C(C)C)P(OCCC#N)OCCCCCCOP(=O)(OCCCCNC(=O)C(F)(F)F)c1ccc2c(c1)C1(OC2=O)c2ccc(OC(=O)C(C)(C)C)cc2Oc2cc(OC(=O)C(C)(C)C)ccc21.CC(C)NP(NC(C)C)OCCC#N.CS. The summed E-state index contributed by atoms with van der Waals surface area (Å²) in [6.07, 6.45) is -0.00892. The second-order valence-corrected chi connectivity index (χ2v) is 28.4. The van der Waals surface area contributed by atoms with Gasteiger partial charge in [0.1, 0.15) is 23.0 Å². The van der Waals surface area contributed by atoms with E-state index in [0.717, 1.165) is 6.42 Å². The fourth-order valence-corrected chi connectivity index (χ4v) is 13.1. The number of hydrogen-bond donors (Lipinski definition) is 4. The number of ether oxygens (including phenoxy) is 4. The van der Waals surface area contributed by atoms with Gasteiger partial charge in [-0.25, -0.2) is 9.46 Å². The molecular weight excluding hydrogens is 1230 g/mol. The highest BCUT2D eigenvalue weighted by Gasteiger charge is 2.54. The summed E-state index contributed by atoms with van der Waals surface area (Å²) in [5, 5.41) is 25.9. The first-order chi connectivity index (χ1) is 41.3. The summed E-state index contributed by atoms with van der Waals surface area (Å²) >= 11 is 3.53. The predicted octanol–water partition coefficient (Wildman–Crippen LogP) is 14.6. The Balaban J connectivity index is 0.00000140. The molecule has 0 radical (unpaired) electrons. The molecule has 0 aliphatic carbocycles. The minimum atomic E-state index is -5.05. The number of hydrogen-bond acceptors (Lipinski definition) is 20. The van der Waals surface area contributed by atoms with E-state index in [1.807, 2.05) is 5.32 Å². The number of alkyl halides is 3. The normalized spacial score (nSPS) is 14.2. The molecule has 0 aromatic heterocycles. The van der Waals surface area contributed by atoms with Crippen LogP contribution in [0.1, 0.15) is 183 Å². The summed E-state index contributed by atoms with van der Waals surface area (Å²) in [6.45, 7) is 27.3. The van der Waals surface area contributed by atoms with Crippen LogP contribution >= 0.6 is 37.2 Å². The van der Waals surface area contributed by atoms with Gasteiger partial charge in [-0.05, 0) is 171 Å². The highest BCUT2D eigenvalue weighted by Crippen LogP contribution is 2.58. The fraction of sp³-hybridized carbons (Fsp3) is 0.613. The number of halogens is 3. The molecule has 2 heterocycles. The van der Waals surface area contributed by atoms with E-state index in [1.54, 1.807) is 59.9 Å². The zero-order valence-corrected chi connectivity index (χ0v) is 57.0. The van der Waals surface area contributed by atoms with Crippen LogP contribution in [0.25, 0.3) is 0 Å². The Labute approximate surface area is 533 Å². The fourth-order valence-electron chi connectivity index (χ4n) is 8.35. The molecule has 3 aromatic rings. The molecule has 2 aliphatic rings. The van der Waals surface area contributed by atoms with Gasteiger partial charge >= 0.3 is 37.6 Å². The van der Waals surface area contributed by atoms with Crippen LogP contribution in [-0.4, -0.2) is 105 Å². The van der Waals surface area contributed by atoms with Gasteiger partial charge in [0.05, 0.1) is 79.7 Å². The van der Waals surface area contributed by atoms with E-state index in [-0.39, 0.29) is 105 Å². The molecule has 0 fully saturated rings. The van der Waals surface area contributed by atoms with Crippen LogP contribution in [0.4, 0.5) is 13.2 Å². The lowest BCUT2D eigenvalue weighted by atomic mass is 9.77. The number of carbonyl (C=O) groups is 4. The Bertz CT molecular complexity index is 2800. The molecule has 1 amide bonds. The minimum Gasteiger partial charge on any atom is -0.456 e. The second kappa shape index (κ2) is 37.7. The number of esters is 3. The molecule has 3 N–H and O–H groups in total. The van der Waals surface area contributed by atoms with Crippen molar-refractivity contribution in [3.8, 4) is 35.1 Å². The van der Waals surface area contributed by atoms with E-state index in [2.05, 4.69) is 95.0 Å². The Morgan fingerprint density at radius 2 is 1.12 bits per heavy atom. The van der Waals surface area contributed by atoms with Crippen LogP contribution in [0.15, 0.2) is 54.6 Å². The van der Waals surface area contributed by atoms with E-state index in [0.29, 0.717) is 62.1 Å². The van der Waals surface area contributed by atoms with Crippen LogP contribution < -0.4 is 35.0 Å². The first-order valence-electron chi connectivity index (χ1n) is 29.3. The lowest BCUT2D eigenvalue weighted by molar-refractivity contribution is -0.173. The van der Waals surface area contributed by atoms with Crippen LogP contribution in [0.3, 0.4) is 0 Å². The zero-order chi connectivity index (χ0) is 66.2. The van der Waals surface area contributed by atoms with Gasteiger partial charge in [-0.3, -0.25) is 29.1 Å². The maximum Gasteiger partial charge on any atom is 0.471 e. The predicted molar refractivity (Wildman–Crippen MR) is 343 cm³/mol. The minimum absolute atomic E-state index is 0. The van der Waals surface area contributed by atoms with Crippen molar-refractivity contribution in [1.82, 2.24) is 20.2 Å². The van der Waals surface area contributed by atoms with Crippen molar-refractivity contribution in [3.05, 3.63) is 76.9 Å². The van der Waals surface area contributed by atoms with Crippen molar-refractivity contribution < 1.29 is 78.5 Å². The summed E-state index contributed by atoms with van der Waals surface area (Å²) in [7, 11) is -6.50. The molecule has 2 aliphatic heterocycles. The molecule has 27 heteroatoms. The van der Waals surface area contributed by atoms with Gasteiger partial charge < -0.3 is 46.9 Å². The average Bonchev–Trinajstić information content (AvgIpc) is 1.63. The zero-order valence-electron chi connectivity index (χ0n) is 53.4. The Morgan fingerprint density at radius 1 is 0.663 bits per heavy atom. The standard InChI is InChI=1S/C51H66F3N3O13P2.C9H20N3OP.CH4S.CH4/c1-33(2)57(34(3)4)71(64-27-17-24-55)63-26-14-11-12-15-28-65-72(62,66-29-16-13-25-56-45(59)51(52,53)54)37-20-21-38-41(32-37)50(70-44(38)58)39-22-18-35(67-46(60)48(5,6)7)30-42(39)69-43-31-36(19-23-40(43)50)68-47(61)49(8,9)10;1-8(2)11-14(12-9(3)4)13-7-5-6-10;1-2;/h18-23,30-34H,11-17,25-29H2,1-10H3,(H,56,59);8-9,11-12H,5,7H2,1-4H3;2H,1H3;1H4. The van der Waals surface area contributed by atoms with Crippen molar-refractivity contribution in [1.29, 1.82) is 10.5 Å². The number of carbonyl (C=O) groups excluding carboxylic acids is 4. The van der Waals surface area contributed by atoms with Crippen LogP contribution in [0, 0.1) is 33.5 Å². The van der Waals surface area contributed by atoms with Crippen molar-refractivity contribution in [3.63, 3.8) is 0 Å². The third-order valence-corrected chi connectivity index (χ3v) is 18.4. The number of fused-ring (bicyclic) bond motifs is 6. The summed E-state index contributed by atoms with van der Waals surface area (Å²) in [4.78, 5) is 51.3. The quantitative estimate of drug-likeness (QED) is 0.0153. The van der Waals surface area contributed by atoms with E-state index in [9.17, 15) is 32.3 Å². The summed E-state index contributed by atoms with van der Waals surface area (Å²) < 4.78 is 110. The molecule has 0 bridgehead atoms. The van der Waals surface area contributed by atoms with Gasteiger partial charge in [-0.15, -0.1) is 0 Å². The molecule has 2 unspecified atom stereocenters. The molecule has 1 spiro atoms. The Morgan fingerprint density at radius 3 is 1.57 bits per heavy atom. The maximum absolute atomic E-state index is 15.1. The van der Waals surface area contributed by atoms with E-state index >= 15 is 4.57 Å². The third-order valence-electron chi connectivity index (χ3n) is 12.4. The smallest absolute Gasteiger partial charge is 0.456 e. The summed E-state index contributed by atoms with van der Waals surface area (Å²) in [5.74, 6) is -3.33. The number of thiol groups is 1. The van der Waals surface area contributed by atoms with Crippen molar-refractivity contribution in [2.45, 2.75) is 192 Å². The number of benzene rings is 3. The maximum atomic E-state index is 15.1. The van der Waals surface area contributed by atoms with Crippen molar-refractivity contribution >= 4 is 66.3 Å². The van der Waals surface area contributed by atoms with Gasteiger partial charge in [0, 0.05) is 59.5 Å². The molecule has 0 saturated heterocycles. The van der Waals surface area contributed by atoms with Crippen molar-refractivity contribution in [2.75, 3.05) is 45.8 Å². The van der Waals surface area contributed by atoms with E-state index in [1.165, 1.54) is 42.5 Å². The number of amides is 1. The lowest BCUT2D eigenvalue weighted by Crippen LogP contribution is -2.37. The van der Waals surface area contributed by atoms with Gasteiger partial charge in [0.15, 0.2) is 14.1 Å². The molecule has 20 nitrogen and oxygen atoms in total. The van der Waals surface area contributed by atoms with Gasteiger partial charge in [-0.1, -0.05) is 20.3 Å². The highest BCUT2D eigenvalue weighted by atomic mass is 32.1. The highest BCUT2D eigenvalue weighted by molar-refractivity contribution is 7.79. The largest absolute Gasteiger partial charge is 0.471 e. The molecule has 89 heavy (non-hydrogen) atoms. The molecule has 5 rings (SSSR count). The molecule has 3 aromatic carbocycles. The van der Waals surface area contributed by atoms with Crippen molar-refractivity contribution in [2.24, 2.45) is 10.8 Å². The van der Waals surface area contributed by atoms with E-state index < -0.39 is 71.0 Å². The Hall–Kier alpha value is -4.77. The number of nitriles is 2. The monoisotopic (exact) mass is 1330 g/mol. The van der Waals surface area contributed by atoms with Crippen LogP contribution in [0.5, 0.6) is 23.0 Å². The molecule has 498 valence electrons. The molecule has 0 saturated carbocycles.